The van der Waals surface area contributed by atoms with Crippen LogP contribution in [0.5, 0.6) is 5.75 Å². The fraction of sp³-hybridized carbons (Fsp3) is 0.0714. The van der Waals surface area contributed by atoms with E-state index in [2.05, 4.69) is 5.32 Å². The predicted molar refractivity (Wildman–Crippen MR) is 69.3 cm³/mol. The van der Waals surface area contributed by atoms with Gasteiger partial charge in [-0.05, 0) is 23.6 Å². The van der Waals surface area contributed by atoms with Crippen LogP contribution >= 0.6 is 0 Å². The molecule has 0 aliphatic carbocycles. The molecule has 0 unspecified atom stereocenters. The van der Waals surface area contributed by atoms with Crippen molar-refractivity contribution in [1.29, 1.82) is 10.5 Å². The lowest BCUT2D eigenvalue weighted by Gasteiger charge is -2.07. The van der Waals surface area contributed by atoms with Gasteiger partial charge in [0.2, 0.25) is 5.91 Å². The Bertz CT molecular complexity index is 767. The number of amides is 1. The number of nitriles is 2. The standard InChI is InChI=1S/C14H9N3O2/c1-8(18)17-11-2-3-12-9(5-11)4-10(6-15)14(19)13(12)7-16/h2-5,19H,1H3,(H,17,18). The van der Waals surface area contributed by atoms with Crippen molar-refractivity contribution in [3.63, 3.8) is 0 Å². The van der Waals surface area contributed by atoms with Gasteiger partial charge in [-0.1, -0.05) is 6.07 Å². The van der Waals surface area contributed by atoms with Crippen molar-refractivity contribution in [1.82, 2.24) is 0 Å². The molecule has 1 amide bonds. The van der Waals surface area contributed by atoms with E-state index >= 15 is 0 Å². The summed E-state index contributed by atoms with van der Waals surface area (Å²) in [5.41, 5.74) is 0.658. The number of carbonyl (C=O) groups excluding carboxylic acids is 1. The number of carbonyl (C=O) groups is 1. The van der Waals surface area contributed by atoms with E-state index in [4.69, 9.17) is 10.5 Å². The number of phenolic OH excluding ortho intramolecular Hbond substituents is 1. The molecule has 2 N–H and O–H groups in total. The molecule has 0 aromatic heterocycles. The van der Waals surface area contributed by atoms with Gasteiger partial charge in [0.25, 0.3) is 0 Å². The van der Waals surface area contributed by atoms with Crippen molar-refractivity contribution in [3.05, 3.63) is 35.4 Å². The van der Waals surface area contributed by atoms with Crippen LogP contribution in [0.1, 0.15) is 18.1 Å². The van der Waals surface area contributed by atoms with Crippen molar-refractivity contribution in [3.8, 4) is 17.9 Å². The Balaban J connectivity index is 2.74. The second-order valence-electron chi connectivity index (χ2n) is 3.99. The first kappa shape index (κ1) is 12.4. The first-order chi connectivity index (χ1) is 9.06. The summed E-state index contributed by atoms with van der Waals surface area (Å²) in [6.07, 6.45) is 0. The van der Waals surface area contributed by atoms with Gasteiger partial charge in [-0.2, -0.15) is 10.5 Å². The fourth-order valence-electron chi connectivity index (χ4n) is 1.88. The first-order valence-corrected chi connectivity index (χ1v) is 5.44. The van der Waals surface area contributed by atoms with E-state index < -0.39 is 0 Å². The number of anilines is 1. The summed E-state index contributed by atoms with van der Waals surface area (Å²) < 4.78 is 0. The van der Waals surface area contributed by atoms with Gasteiger partial charge in [0.05, 0.1) is 5.56 Å². The molecule has 0 atom stereocenters. The van der Waals surface area contributed by atoms with E-state index in [0.717, 1.165) is 0 Å². The van der Waals surface area contributed by atoms with Crippen molar-refractivity contribution in [2.24, 2.45) is 0 Å². The lowest BCUT2D eigenvalue weighted by molar-refractivity contribution is -0.114. The molecule has 0 fully saturated rings. The zero-order valence-electron chi connectivity index (χ0n) is 10.1. The van der Waals surface area contributed by atoms with Crippen LogP contribution in [0.4, 0.5) is 5.69 Å². The Hall–Kier alpha value is -3.05. The smallest absolute Gasteiger partial charge is 0.221 e. The molecule has 19 heavy (non-hydrogen) atoms. The van der Waals surface area contributed by atoms with Gasteiger partial charge in [0.1, 0.15) is 17.7 Å². The van der Waals surface area contributed by atoms with Crippen LogP contribution in [0.25, 0.3) is 10.8 Å². The van der Waals surface area contributed by atoms with Crippen LogP contribution in [0, 0.1) is 22.7 Å². The maximum absolute atomic E-state index is 11.0. The van der Waals surface area contributed by atoms with Gasteiger partial charge >= 0.3 is 0 Å². The minimum atomic E-state index is -0.315. The second-order valence-corrected chi connectivity index (χ2v) is 3.99. The number of nitrogens with one attached hydrogen (secondary N) is 1. The molecule has 0 bridgehead atoms. The number of hydrogen-bond acceptors (Lipinski definition) is 4. The lowest BCUT2D eigenvalue weighted by Crippen LogP contribution is -2.05. The largest absolute Gasteiger partial charge is 0.505 e. The van der Waals surface area contributed by atoms with E-state index in [-0.39, 0.29) is 22.8 Å². The topological polar surface area (TPSA) is 96.9 Å². The van der Waals surface area contributed by atoms with Crippen molar-refractivity contribution in [2.75, 3.05) is 5.32 Å². The summed E-state index contributed by atoms with van der Waals surface area (Å²) in [5, 5.41) is 31.5. The van der Waals surface area contributed by atoms with Crippen LogP contribution in [0.15, 0.2) is 24.3 Å². The maximum Gasteiger partial charge on any atom is 0.221 e. The average Bonchev–Trinajstić information content (AvgIpc) is 2.37. The van der Waals surface area contributed by atoms with Gasteiger partial charge in [0.15, 0.2) is 5.75 Å². The van der Waals surface area contributed by atoms with Crippen molar-refractivity contribution < 1.29 is 9.90 Å². The Kier molecular flexibility index (Phi) is 3.05. The van der Waals surface area contributed by atoms with Crippen LogP contribution in [-0.4, -0.2) is 11.0 Å². The molecular weight excluding hydrogens is 242 g/mol. The molecular formula is C14H9N3O2. The van der Waals surface area contributed by atoms with E-state index in [1.54, 1.807) is 18.2 Å². The highest BCUT2D eigenvalue weighted by Crippen LogP contribution is 2.31. The highest BCUT2D eigenvalue weighted by Gasteiger charge is 2.12. The number of hydrogen-bond donors (Lipinski definition) is 2. The second kappa shape index (κ2) is 4.67. The minimum absolute atomic E-state index is 0.0315. The molecule has 2 aromatic carbocycles. The number of phenols is 1. The summed E-state index contributed by atoms with van der Waals surface area (Å²) >= 11 is 0. The third-order valence-electron chi connectivity index (χ3n) is 2.67. The monoisotopic (exact) mass is 251 g/mol. The average molecular weight is 251 g/mol. The summed E-state index contributed by atoms with van der Waals surface area (Å²) in [6.45, 7) is 1.39. The lowest BCUT2D eigenvalue weighted by atomic mass is 10.00. The van der Waals surface area contributed by atoms with E-state index in [9.17, 15) is 9.90 Å². The molecule has 0 saturated heterocycles. The highest BCUT2D eigenvalue weighted by atomic mass is 16.3. The fourth-order valence-corrected chi connectivity index (χ4v) is 1.88. The molecule has 5 nitrogen and oxygen atoms in total. The van der Waals surface area contributed by atoms with E-state index in [0.29, 0.717) is 16.5 Å². The van der Waals surface area contributed by atoms with E-state index in [1.807, 2.05) is 12.1 Å². The number of benzene rings is 2. The quantitative estimate of drug-likeness (QED) is 0.812. The molecule has 0 spiro atoms. The number of nitrogens with zero attached hydrogens (tertiary/aromatic N) is 2. The van der Waals surface area contributed by atoms with Crippen molar-refractivity contribution >= 4 is 22.4 Å². The summed E-state index contributed by atoms with van der Waals surface area (Å²) in [4.78, 5) is 11.0. The van der Waals surface area contributed by atoms with Crippen LogP contribution < -0.4 is 5.32 Å². The molecule has 0 saturated carbocycles. The Labute approximate surface area is 109 Å². The molecule has 0 radical (unpaired) electrons. The molecule has 5 heteroatoms. The van der Waals surface area contributed by atoms with E-state index in [1.165, 1.54) is 13.0 Å². The molecule has 2 rings (SSSR count). The van der Waals surface area contributed by atoms with Gasteiger partial charge in [0, 0.05) is 18.0 Å². The van der Waals surface area contributed by atoms with Crippen LogP contribution in [0.2, 0.25) is 0 Å². The molecule has 0 heterocycles. The van der Waals surface area contributed by atoms with Crippen LogP contribution in [-0.2, 0) is 4.79 Å². The third kappa shape index (κ3) is 2.18. The highest BCUT2D eigenvalue weighted by molar-refractivity contribution is 5.97. The predicted octanol–water partition coefficient (Wildman–Crippen LogP) is 2.25. The molecule has 2 aromatic rings. The van der Waals surface area contributed by atoms with Gasteiger partial charge in [-0.15, -0.1) is 0 Å². The Morgan fingerprint density at radius 2 is 2.00 bits per heavy atom. The zero-order chi connectivity index (χ0) is 14.0. The van der Waals surface area contributed by atoms with Gasteiger partial charge in [-0.3, -0.25) is 4.79 Å². The summed E-state index contributed by atoms with van der Waals surface area (Å²) in [5.74, 6) is -0.524. The minimum Gasteiger partial charge on any atom is -0.505 e. The van der Waals surface area contributed by atoms with Crippen molar-refractivity contribution in [2.45, 2.75) is 6.92 Å². The van der Waals surface area contributed by atoms with Crippen LogP contribution in [0.3, 0.4) is 0 Å². The Morgan fingerprint density at radius 1 is 1.26 bits per heavy atom. The molecule has 0 aliphatic rings. The summed E-state index contributed by atoms with van der Waals surface area (Å²) in [7, 11) is 0. The first-order valence-electron chi connectivity index (χ1n) is 5.44. The third-order valence-corrected chi connectivity index (χ3v) is 2.67. The van der Waals surface area contributed by atoms with Gasteiger partial charge in [-0.25, -0.2) is 0 Å². The number of fused-ring (bicyclic) bond motifs is 1. The Morgan fingerprint density at radius 3 is 2.58 bits per heavy atom. The number of aromatic hydroxyl groups is 1. The molecule has 0 aliphatic heterocycles. The summed E-state index contributed by atoms with van der Waals surface area (Å²) in [6, 6.07) is 10.1. The normalized spacial score (nSPS) is 9.63. The maximum atomic E-state index is 11.0. The zero-order valence-corrected chi connectivity index (χ0v) is 10.1. The molecule has 92 valence electrons. The van der Waals surface area contributed by atoms with Gasteiger partial charge < -0.3 is 10.4 Å². The SMILES string of the molecule is CC(=O)Nc1ccc2c(C#N)c(O)c(C#N)cc2c1. The number of rotatable bonds is 1.